The number of carbonyl (C=O) groups is 1. The van der Waals surface area contributed by atoms with Crippen molar-refractivity contribution in [1.29, 1.82) is 0 Å². The molecule has 1 amide bonds. The predicted octanol–water partition coefficient (Wildman–Crippen LogP) is 3.82. The Kier molecular flexibility index (Phi) is 6.78. The summed E-state index contributed by atoms with van der Waals surface area (Å²) < 4.78 is 10.5. The van der Waals surface area contributed by atoms with Crippen molar-refractivity contribution in [3.63, 3.8) is 0 Å². The van der Waals surface area contributed by atoms with Crippen molar-refractivity contribution in [2.24, 2.45) is 0 Å². The van der Waals surface area contributed by atoms with E-state index in [0.717, 1.165) is 24.2 Å². The highest BCUT2D eigenvalue weighted by atomic mass is 16.5. The Morgan fingerprint density at radius 1 is 1.14 bits per heavy atom. The highest BCUT2D eigenvalue weighted by Gasteiger charge is 2.13. The van der Waals surface area contributed by atoms with E-state index in [2.05, 4.69) is 27.6 Å². The summed E-state index contributed by atoms with van der Waals surface area (Å²) in [4.78, 5) is 16.6. The summed E-state index contributed by atoms with van der Waals surface area (Å²) in [7, 11) is 1.61. The summed E-state index contributed by atoms with van der Waals surface area (Å²) in [5.41, 5.74) is 2.09. The third kappa shape index (κ3) is 5.67. The summed E-state index contributed by atoms with van der Waals surface area (Å²) in [6.07, 6.45) is 2.57. The minimum Gasteiger partial charge on any atom is -0.497 e. The maximum Gasteiger partial charge on any atom is 0.227 e. The predicted molar refractivity (Wildman–Crippen MR) is 107 cm³/mol. The normalized spacial score (nSPS) is 11.8. The van der Waals surface area contributed by atoms with Crippen molar-refractivity contribution in [3.05, 3.63) is 66.1 Å². The van der Waals surface area contributed by atoms with Gasteiger partial charge >= 0.3 is 0 Å². The van der Waals surface area contributed by atoms with Gasteiger partial charge in [0.25, 0.3) is 0 Å². The molecule has 0 radical (unpaired) electrons. The van der Waals surface area contributed by atoms with Crippen molar-refractivity contribution in [2.45, 2.75) is 38.6 Å². The molecule has 0 aliphatic rings. The number of ether oxygens (including phenoxy) is 1. The fraction of sp³-hybridized carbons (Fsp3) is 0.318. The van der Waals surface area contributed by atoms with Gasteiger partial charge in [-0.3, -0.25) is 4.79 Å². The monoisotopic (exact) mass is 379 g/mol. The molecular formula is C22H25N3O3. The molecular weight excluding hydrogens is 354 g/mol. The molecule has 2 aromatic carbocycles. The van der Waals surface area contributed by atoms with Crippen LogP contribution in [0.15, 0.2) is 59.1 Å². The van der Waals surface area contributed by atoms with Crippen molar-refractivity contribution in [3.8, 4) is 17.1 Å². The molecule has 1 aromatic heterocycles. The molecule has 0 spiro atoms. The Labute approximate surface area is 164 Å². The molecule has 6 heteroatoms. The van der Waals surface area contributed by atoms with Gasteiger partial charge in [-0.05, 0) is 37.5 Å². The van der Waals surface area contributed by atoms with Crippen LogP contribution in [0.1, 0.15) is 31.2 Å². The van der Waals surface area contributed by atoms with Gasteiger partial charge in [0.2, 0.25) is 17.6 Å². The van der Waals surface area contributed by atoms with Gasteiger partial charge in [-0.15, -0.1) is 0 Å². The molecule has 28 heavy (non-hydrogen) atoms. The van der Waals surface area contributed by atoms with E-state index in [1.165, 1.54) is 5.56 Å². The number of rotatable bonds is 9. The molecule has 0 aliphatic heterocycles. The lowest BCUT2D eigenvalue weighted by molar-refractivity contribution is -0.121. The van der Waals surface area contributed by atoms with Crippen molar-refractivity contribution in [1.82, 2.24) is 15.5 Å². The first-order chi connectivity index (χ1) is 13.6. The lowest BCUT2D eigenvalue weighted by Gasteiger charge is -2.13. The smallest absolute Gasteiger partial charge is 0.227 e. The van der Waals surface area contributed by atoms with Gasteiger partial charge < -0.3 is 14.6 Å². The average Bonchev–Trinajstić information content (AvgIpc) is 3.21. The van der Waals surface area contributed by atoms with Crippen LogP contribution in [0.3, 0.4) is 0 Å². The molecule has 0 bridgehead atoms. The lowest BCUT2D eigenvalue weighted by Crippen LogP contribution is -2.33. The number of aryl methyl sites for hydroxylation is 2. The molecule has 6 nitrogen and oxygen atoms in total. The molecule has 0 aliphatic carbocycles. The second-order valence-corrected chi connectivity index (χ2v) is 6.74. The van der Waals surface area contributed by atoms with Crippen LogP contribution < -0.4 is 10.1 Å². The van der Waals surface area contributed by atoms with Gasteiger partial charge in [-0.2, -0.15) is 4.98 Å². The molecule has 1 atom stereocenters. The van der Waals surface area contributed by atoms with Gasteiger partial charge in [0, 0.05) is 24.4 Å². The number of methoxy groups -OCH3 is 1. The zero-order chi connectivity index (χ0) is 19.8. The number of aromatic nitrogens is 2. The maximum atomic E-state index is 12.2. The van der Waals surface area contributed by atoms with E-state index in [1.807, 2.05) is 49.4 Å². The van der Waals surface area contributed by atoms with Crippen LogP contribution in [-0.4, -0.2) is 29.2 Å². The number of carbonyl (C=O) groups excluding carboxylic acids is 1. The van der Waals surface area contributed by atoms with Crippen LogP contribution in [0.5, 0.6) is 5.75 Å². The number of hydrogen-bond donors (Lipinski definition) is 1. The summed E-state index contributed by atoms with van der Waals surface area (Å²) in [5.74, 6) is 1.66. The van der Waals surface area contributed by atoms with Gasteiger partial charge in [0.15, 0.2) is 0 Å². The van der Waals surface area contributed by atoms with Crippen molar-refractivity contribution < 1.29 is 14.1 Å². The molecule has 146 valence electrons. The summed E-state index contributed by atoms with van der Waals surface area (Å²) in [6, 6.07) is 17.8. The third-order valence-electron chi connectivity index (χ3n) is 4.48. The minimum absolute atomic E-state index is 0.0123. The first-order valence-electron chi connectivity index (χ1n) is 9.44. The number of amides is 1. The van der Waals surface area contributed by atoms with Crippen molar-refractivity contribution >= 4 is 5.91 Å². The Morgan fingerprint density at radius 3 is 2.75 bits per heavy atom. The standard InChI is InChI=1S/C22H25N3O3/c1-16(11-12-17-7-4-3-5-8-17)23-20(26)13-14-21-24-22(25-28-21)18-9-6-10-19(15-18)27-2/h3-10,15-16H,11-14H2,1-2H3,(H,23,26)/t16-/m1/s1. The van der Waals surface area contributed by atoms with E-state index in [-0.39, 0.29) is 11.9 Å². The van der Waals surface area contributed by atoms with Gasteiger partial charge in [-0.25, -0.2) is 0 Å². The first-order valence-corrected chi connectivity index (χ1v) is 9.44. The average molecular weight is 379 g/mol. The second kappa shape index (κ2) is 9.69. The second-order valence-electron chi connectivity index (χ2n) is 6.74. The fourth-order valence-corrected chi connectivity index (χ4v) is 2.90. The number of benzene rings is 2. The summed E-state index contributed by atoms with van der Waals surface area (Å²) in [6.45, 7) is 2.02. The highest BCUT2D eigenvalue weighted by Crippen LogP contribution is 2.21. The van der Waals surface area contributed by atoms with E-state index in [9.17, 15) is 4.79 Å². The van der Waals surface area contributed by atoms with Crippen LogP contribution in [0.4, 0.5) is 0 Å². The fourth-order valence-electron chi connectivity index (χ4n) is 2.90. The maximum absolute atomic E-state index is 12.2. The Hall–Kier alpha value is -3.15. The molecule has 1 heterocycles. The van der Waals surface area contributed by atoms with Gasteiger partial charge in [-0.1, -0.05) is 47.6 Å². The van der Waals surface area contributed by atoms with Crippen LogP contribution >= 0.6 is 0 Å². The topological polar surface area (TPSA) is 77.2 Å². The molecule has 1 N–H and O–H groups in total. The summed E-state index contributed by atoms with van der Waals surface area (Å²) >= 11 is 0. The Morgan fingerprint density at radius 2 is 1.96 bits per heavy atom. The molecule has 0 saturated carbocycles. The lowest BCUT2D eigenvalue weighted by atomic mass is 10.1. The van der Waals surface area contributed by atoms with Crippen LogP contribution in [0.2, 0.25) is 0 Å². The number of nitrogens with one attached hydrogen (secondary N) is 1. The summed E-state index contributed by atoms with van der Waals surface area (Å²) in [5, 5.41) is 7.02. The van der Waals surface area contributed by atoms with E-state index in [4.69, 9.17) is 9.26 Å². The van der Waals surface area contributed by atoms with E-state index >= 15 is 0 Å². The SMILES string of the molecule is COc1cccc(-c2noc(CCC(=O)N[C@H](C)CCc3ccccc3)n2)c1. The first kappa shape index (κ1) is 19.6. The zero-order valence-corrected chi connectivity index (χ0v) is 16.2. The third-order valence-corrected chi connectivity index (χ3v) is 4.48. The van der Waals surface area contributed by atoms with E-state index in [1.54, 1.807) is 7.11 Å². The van der Waals surface area contributed by atoms with Gasteiger partial charge in [0.1, 0.15) is 5.75 Å². The zero-order valence-electron chi connectivity index (χ0n) is 16.2. The number of hydrogen-bond acceptors (Lipinski definition) is 5. The Bertz CT molecular complexity index is 893. The van der Waals surface area contributed by atoms with E-state index < -0.39 is 0 Å². The molecule has 0 unspecified atom stereocenters. The van der Waals surface area contributed by atoms with Crippen LogP contribution in [0.25, 0.3) is 11.4 Å². The quantitative estimate of drug-likeness (QED) is 0.612. The van der Waals surface area contributed by atoms with Gasteiger partial charge in [0.05, 0.1) is 7.11 Å². The van der Waals surface area contributed by atoms with Crippen LogP contribution in [0, 0.1) is 0 Å². The molecule has 3 rings (SSSR count). The highest BCUT2D eigenvalue weighted by molar-refractivity contribution is 5.76. The van der Waals surface area contributed by atoms with Crippen LogP contribution in [-0.2, 0) is 17.6 Å². The van der Waals surface area contributed by atoms with E-state index in [0.29, 0.717) is 24.6 Å². The van der Waals surface area contributed by atoms with Crippen molar-refractivity contribution in [2.75, 3.05) is 7.11 Å². The minimum atomic E-state index is -0.0123. The molecule has 0 saturated heterocycles. The number of nitrogens with zero attached hydrogens (tertiary/aromatic N) is 2. The molecule has 3 aromatic rings. The largest absolute Gasteiger partial charge is 0.497 e. The Balaban J connectivity index is 1.45. The molecule has 0 fully saturated rings.